The highest BCUT2D eigenvalue weighted by atomic mass is 35.5. The fourth-order valence-electron chi connectivity index (χ4n) is 3.20. The lowest BCUT2D eigenvalue weighted by Crippen LogP contribution is -2.32. The van der Waals surface area contributed by atoms with Gasteiger partial charge >= 0.3 is 0 Å². The number of hydrogen-bond acceptors (Lipinski definition) is 2. The monoisotopic (exact) mass is 339 g/mol. The molecule has 1 aromatic heterocycles. The SMILES string of the molecule is O=c1c2c([nH]n1-c1ccccc1)CCN(Cc1ccc(Cl)cc1)C2. The molecule has 0 atom stereocenters. The van der Waals surface area contributed by atoms with Gasteiger partial charge in [-0.1, -0.05) is 41.9 Å². The largest absolute Gasteiger partial charge is 0.295 e. The minimum Gasteiger partial charge on any atom is -0.295 e. The maximum Gasteiger partial charge on any atom is 0.275 e. The van der Waals surface area contributed by atoms with Crippen molar-refractivity contribution in [1.82, 2.24) is 14.7 Å². The topological polar surface area (TPSA) is 41.0 Å². The summed E-state index contributed by atoms with van der Waals surface area (Å²) in [7, 11) is 0. The Morgan fingerprint density at radius 2 is 1.79 bits per heavy atom. The average molecular weight is 340 g/mol. The molecule has 0 aliphatic carbocycles. The lowest BCUT2D eigenvalue weighted by molar-refractivity contribution is 0.244. The molecule has 2 heterocycles. The Labute approximate surface area is 145 Å². The minimum absolute atomic E-state index is 0.0528. The first kappa shape index (κ1) is 15.2. The van der Waals surface area contributed by atoms with Gasteiger partial charge in [-0.15, -0.1) is 0 Å². The number of aromatic amines is 1. The zero-order valence-electron chi connectivity index (χ0n) is 13.2. The van der Waals surface area contributed by atoms with Crippen molar-refractivity contribution >= 4 is 11.6 Å². The third-order valence-electron chi connectivity index (χ3n) is 4.47. The Bertz CT molecular complexity index is 897. The van der Waals surface area contributed by atoms with E-state index in [9.17, 15) is 4.79 Å². The van der Waals surface area contributed by atoms with Gasteiger partial charge in [-0.2, -0.15) is 0 Å². The summed E-state index contributed by atoms with van der Waals surface area (Å²) in [6.45, 7) is 2.43. The van der Waals surface area contributed by atoms with Gasteiger partial charge in [-0.25, -0.2) is 4.68 Å². The second kappa shape index (κ2) is 6.30. The van der Waals surface area contributed by atoms with Crippen LogP contribution < -0.4 is 5.56 Å². The van der Waals surface area contributed by atoms with Gasteiger partial charge in [0, 0.05) is 36.8 Å². The predicted molar refractivity (Wildman–Crippen MR) is 95.7 cm³/mol. The maximum atomic E-state index is 12.7. The highest BCUT2D eigenvalue weighted by Crippen LogP contribution is 2.19. The molecule has 122 valence electrons. The summed E-state index contributed by atoms with van der Waals surface area (Å²) < 4.78 is 1.65. The molecular formula is C19H18ClN3O. The first-order valence-electron chi connectivity index (χ1n) is 8.06. The van der Waals surface area contributed by atoms with Crippen LogP contribution in [0.3, 0.4) is 0 Å². The van der Waals surface area contributed by atoms with E-state index in [4.69, 9.17) is 11.6 Å². The van der Waals surface area contributed by atoms with E-state index in [0.717, 1.165) is 41.5 Å². The lowest BCUT2D eigenvalue weighted by atomic mass is 10.1. The molecular weight excluding hydrogens is 322 g/mol. The molecule has 4 rings (SSSR count). The fourth-order valence-corrected chi connectivity index (χ4v) is 3.33. The van der Waals surface area contributed by atoms with Gasteiger partial charge in [0.15, 0.2) is 0 Å². The zero-order chi connectivity index (χ0) is 16.5. The summed E-state index contributed by atoms with van der Waals surface area (Å²) in [5.74, 6) is 0. The number of nitrogens with one attached hydrogen (secondary N) is 1. The summed E-state index contributed by atoms with van der Waals surface area (Å²) >= 11 is 5.94. The second-order valence-corrected chi connectivity index (χ2v) is 6.57. The normalized spacial score (nSPS) is 14.5. The van der Waals surface area contributed by atoms with Crippen LogP contribution in [-0.4, -0.2) is 21.2 Å². The van der Waals surface area contributed by atoms with Gasteiger partial charge in [0.2, 0.25) is 0 Å². The highest BCUT2D eigenvalue weighted by Gasteiger charge is 2.23. The lowest BCUT2D eigenvalue weighted by Gasteiger charge is -2.25. The zero-order valence-corrected chi connectivity index (χ0v) is 14.0. The minimum atomic E-state index is 0.0528. The Morgan fingerprint density at radius 1 is 1.04 bits per heavy atom. The van der Waals surface area contributed by atoms with Crippen molar-refractivity contribution < 1.29 is 0 Å². The Hall–Kier alpha value is -2.30. The first-order valence-corrected chi connectivity index (χ1v) is 8.43. The number of benzene rings is 2. The van der Waals surface area contributed by atoms with Crippen LogP contribution in [0.4, 0.5) is 0 Å². The maximum absolute atomic E-state index is 12.7. The number of nitrogens with zero attached hydrogens (tertiary/aromatic N) is 2. The van der Waals surface area contributed by atoms with Crippen molar-refractivity contribution in [3.05, 3.63) is 86.8 Å². The summed E-state index contributed by atoms with van der Waals surface area (Å²) in [4.78, 5) is 15.0. The Kier molecular flexibility index (Phi) is 4.00. The predicted octanol–water partition coefficient (Wildman–Crippen LogP) is 3.38. The van der Waals surface area contributed by atoms with E-state index in [0.29, 0.717) is 6.54 Å². The second-order valence-electron chi connectivity index (χ2n) is 6.13. The average Bonchev–Trinajstić information content (AvgIpc) is 2.94. The van der Waals surface area contributed by atoms with Crippen molar-refractivity contribution in [3.63, 3.8) is 0 Å². The summed E-state index contributed by atoms with van der Waals surface area (Å²) in [5.41, 5.74) is 4.07. The molecule has 1 N–H and O–H groups in total. The van der Waals surface area contributed by atoms with Crippen molar-refractivity contribution in [2.45, 2.75) is 19.5 Å². The molecule has 0 fully saturated rings. The summed E-state index contributed by atoms with van der Waals surface area (Å²) in [6, 6.07) is 17.6. The van der Waals surface area contributed by atoms with Gasteiger partial charge in [-0.05, 0) is 29.8 Å². The summed E-state index contributed by atoms with van der Waals surface area (Å²) in [5, 5.41) is 4.02. The molecule has 0 amide bonds. The van der Waals surface area contributed by atoms with Gasteiger partial charge in [0.25, 0.3) is 5.56 Å². The summed E-state index contributed by atoms with van der Waals surface area (Å²) in [6.07, 6.45) is 0.859. The van der Waals surface area contributed by atoms with Gasteiger partial charge in [0.05, 0.1) is 11.3 Å². The molecule has 2 aromatic carbocycles. The number of hydrogen-bond donors (Lipinski definition) is 1. The van der Waals surface area contributed by atoms with E-state index in [1.807, 2.05) is 54.6 Å². The third kappa shape index (κ3) is 2.90. The molecule has 5 heteroatoms. The quantitative estimate of drug-likeness (QED) is 0.794. The third-order valence-corrected chi connectivity index (χ3v) is 4.72. The van der Waals surface area contributed by atoms with Crippen LogP contribution in [-0.2, 0) is 19.5 Å². The van der Waals surface area contributed by atoms with Gasteiger partial charge in [-0.3, -0.25) is 14.8 Å². The highest BCUT2D eigenvalue weighted by molar-refractivity contribution is 6.30. The molecule has 3 aromatic rings. The Morgan fingerprint density at radius 3 is 2.54 bits per heavy atom. The number of aromatic nitrogens is 2. The number of para-hydroxylation sites is 1. The van der Waals surface area contributed by atoms with Crippen molar-refractivity contribution in [2.24, 2.45) is 0 Å². The van der Waals surface area contributed by atoms with E-state index < -0.39 is 0 Å². The van der Waals surface area contributed by atoms with E-state index in [1.165, 1.54) is 5.56 Å². The molecule has 1 aliphatic heterocycles. The number of halogens is 1. The number of rotatable bonds is 3. The van der Waals surface area contributed by atoms with Crippen LogP contribution in [0.15, 0.2) is 59.4 Å². The number of H-pyrrole nitrogens is 1. The van der Waals surface area contributed by atoms with E-state index in [1.54, 1.807) is 4.68 Å². The Balaban J connectivity index is 1.58. The van der Waals surface area contributed by atoms with Gasteiger partial charge in [0.1, 0.15) is 0 Å². The molecule has 4 nitrogen and oxygen atoms in total. The van der Waals surface area contributed by atoms with Crippen LogP contribution in [0.2, 0.25) is 5.02 Å². The van der Waals surface area contributed by atoms with E-state index >= 15 is 0 Å². The van der Waals surface area contributed by atoms with Crippen LogP contribution in [0, 0.1) is 0 Å². The molecule has 1 aliphatic rings. The standard InChI is InChI=1S/C19H18ClN3O/c20-15-8-6-14(7-9-15)12-22-11-10-18-17(13-22)19(24)23(21-18)16-4-2-1-3-5-16/h1-9,21H,10-13H2. The molecule has 0 bridgehead atoms. The molecule has 0 spiro atoms. The van der Waals surface area contributed by atoms with E-state index in [2.05, 4.69) is 10.00 Å². The molecule has 0 unspecified atom stereocenters. The van der Waals surface area contributed by atoms with Crippen LogP contribution >= 0.6 is 11.6 Å². The first-order chi connectivity index (χ1) is 11.7. The molecule has 24 heavy (non-hydrogen) atoms. The molecule has 0 saturated carbocycles. The van der Waals surface area contributed by atoms with Gasteiger partial charge < -0.3 is 0 Å². The smallest absolute Gasteiger partial charge is 0.275 e. The molecule has 0 saturated heterocycles. The van der Waals surface area contributed by atoms with Crippen LogP contribution in [0.1, 0.15) is 16.8 Å². The van der Waals surface area contributed by atoms with Crippen molar-refractivity contribution in [3.8, 4) is 5.69 Å². The van der Waals surface area contributed by atoms with Crippen LogP contribution in [0.25, 0.3) is 5.69 Å². The van der Waals surface area contributed by atoms with E-state index in [-0.39, 0.29) is 5.56 Å². The molecule has 0 radical (unpaired) electrons. The fraction of sp³-hybridized carbons (Fsp3) is 0.211. The number of fused-ring (bicyclic) bond motifs is 1. The van der Waals surface area contributed by atoms with Crippen molar-refractivity contribution in [1.29, 1.82) is 0 Å². The van der Waals surface area contributed by atoms with Crippen molar-refractivity contribution in [2.75, 3.05) is 6.54 Å². The van der Waals surface area contributed by atoms with Crippen LogP contribution in [0.5, 0.6) is 0 Å².